The van der Waals surface area contributed by atoms with Gasteiger partial charge in [0.2, 0.25) is 5.89 Å². The van der Waals surface area contributed by atoms with Crippen LogP contribution < -0.4 is 5.32 Å². The van der Waals surface area contributed by atoms with Crippen LogP contribution in [0.25, 0.3) is 5.70 Å². The Labute approximate surface area is 97.4 Å². The van der Waals surface area contributed by atoms with E-state index in [4.69, 9.17) is 4.42 Å². The van der Waals surface area contributed by atoms with Gasteiger partial charge in [-0.25, -0.2) is 13.8 Å². The highest BCUT2D eigenvalue weighted by Crippen LogP contribution is 2.31. The van der Waals surface area contributed by atoms with Crippen molar-refractivity contribution in [3.8, 4) is 0 Å². The number of aromatic nitrogens is 1. The van der Waals surface area contributed by atoms with E-state index in [1.807, 2.05) is 0 Å². The molecule has 0 unspecified atom stereocenters. The van der Waals surface area contributed by atoms with E-state index in [2.05, 4.69) is 15.3 Å². The molecule has 1 N–H and O–H groups in total. The van der Waals surface area contributed by atoms with Crippen LogP contribution in [0.15, 0.2) is 15.6 Å². The first-order valence-electron chi connectivity index (χ1n) is 5.34. The molecule has 1 aliphatic rings. The van der Waals surface area contributed by atoms with E-state index < -0.39 is 6.43 Å². The molecule has 0 radical (unpaired) electrons. The van der Waals surface area contributed by atoms with Crippen molar-refractivity contribution in [3.05, 3.63) is 23.5 Å². The summed E-state index contributed by atoms with van der Waals surface area (Å²) in [6.07, 6.45) is 0.605. The van der Waals surface area contributed by atoms with Gasteiger partial charge in [-0.05, 0) is 0 Å². The zero-order valence-electron chi connectivity index (χ0n) is 9.58. The minimum Gasteiger partial charge on any atom is -0.439 e. The Morgan fingerprint density at radius 1 is 1.41 bits per heavy atom. The molecule has 0 bridgehead atoms. The molecular formula is C11H13F2N3O. The van der Waals surface area contributed by atoms with Gasteiger partial charge < -0.3 is 9.73 Å². The van der Waals surface area contributed by atoms with Crippen molar-refractivity contribution < 1.29 is 13.2 Å². The molecule has 0 aromatic carbocycles. The maximum Gasteiger partial charge on any atom is 0.283 e. The standard InChI is InChI=1S/C11H13F2N3O/c1-6(2)9-8(10(12)13)16-11(17-9)7-5-14-3-4-15-7/h4-6,10,14H,3H2,1-2H3. The smallest absolute Gasteiger partial charge is 0.283 e. The lowest BCUT2D eigenvalue weighted by atomic mass is 10.1. The lowest BCUT2D eigenvalue weighted by molar-refractivity contribution is 0.143. The van der Waals surface area contributed by atoms with Crippen LogP contribution in [0.3, 0.4) is 0 Å². The van der Waals surface area contributed by atoms with Crippen molar-refractivity contribution in [1.29, 1.82) is 0 Å². The lowest BCUT2D eigenvalue weighted by Gasteiger charge is -2.04. The average molecular weight is 241 g/mol. The molecule has 0 aliphatic carbocycles. The number of hydrogen-bond donors (Lipinski definition) is 1. The molecule has 0 fully saturated rings. The number of halogens is 2. The Hall–Kier alpha value is -1.72. The summed E-state index contributed by atoms with van der Waals surface area (Å²) in [5, 5.41) is 2.92. The van der Waals surface area contributed by atoms with Gasteiger partial charge in [0, 0.05) is 24.9 Å². The Morgan fingerprint density at radius 2 is 2.18 bits per heavy atom. The van der Waals surface area contributed by atoms with E-state index in [9.17, 15) is 8.78 Å². The first kappa shape index (κ1) is 11.8. The molecule has 2 heterocycles. The predicted octanol–water partition coefficient (Wildman–Crippen LogP) is 2.71. The maximum atomic E-state index is 12.8. The summed E-state index contributed by atoms with van der Waals surface area (Å²) in [5.41, 5.74) is 0.140. The zero-order chi connectivity index (χ0) is 12.4. The number of hydrogen-bond acceptors (Lipinski definition) is 4. The molecule has 2 rings (SSSR count). The summed E-state index contributed by atoms with van der Waals surface area (Å²) < 4.78 is 30.9. The van der Waals surface area contributed by atoms with Crippen LogP contribution in [0.2, 0.25) is 0 Å². The molecule has 0 amide bonds. The maximum absolute atomic E-state index is 12.8. The number of rotatable bonds is 3. The third-order valence-electron chi connectivity index (χ3n) is 2.31. The van der Waals surface area contributed by atoms with Crippen LogP contribution in [0.1, 0.15) is 43.5 Å². The summed E-state index contributed by atoms with van der Waals surface area (Å²) >= 11 is 0. The minimum atomic E-state index is -2.63. The second-order valence-corrected chi connectivity index (χ2v) is 3.97. The topological polar surface area (TPSA) is 50.4 Å². The molecule has 17 heavy (non-hydrogen) atoms. The van der Waals surface area contributed by atoms with Gasteiger partial charge in [0.05, 0.1) is 0 Å². The van der Waals surface area contributed by atoms with Crippen LogP contribution in [-0.4, -0.2) is 17.7 Å². The Kier molecular flexibility index (Phi) is 3.21. The number of alkyl halides is 2. The molecular weight excluding hydrogens is 228 g/mol. The summed E-state index contributed by atoms with van der Waals surface area (Å²) in [6, 6.07) is 0. The predicted molar refractivity (Wildman–Crippen MR) is 60.0 cm³/mol. The van der Waals surface area contributed by atoms with E-state index >= 15 is 0 Å². The highest BCUT2D eigenvalue weighted by Gasteiger charge is 2.24. The second-order valence-electron chi connectivity index (χ2n) is 3.97. The van der Waals surface area contributed by atoms with E-state index in [1.54, 1.807) is 26.3 Å². The molecule has 0 spiro atoms. The summed E-state index contributed by atoms with van der Waals surface area (Å²) in [5.74, 6) is 0.213. The Morgan fingerprint density at radius 3 is 2.65 bits per heavy atom. The van der Waals surface area contributed by atoms with Gasteiger partial charge in [0.25, 0.3) is 6.43 Å². The van der Waals surface area contributed by atoms with Gasteiger partial charge in [-0.3, -0.25) is 4.99 Å². The first-order valence-corrected chi connectivity index (χ1v) is 5.34. The van der Waals surface area contributed by atoms with Crippen LogP contribution in [0, 0.1) is 0 Å². The molecule has 0 atom stereocenters. The first-order chi connectivity index (χ1) is 8.09. The average Bonchev–Trinajstić information content (AvgIpc) is 2.75. The van der Waals surface area contributed by atoms with Crippen molar-refractivity contribution in [2.75, 3.05) is 6.54 Å². The molecule has 1 aromatic heterocycles. The molecule has 0 saturated carbocycles. The monoisotopic (exact) mass is 241 g/mol. The van der Waals surface area contributed by atoms with Crippen LogP contribution in [-0.2, 0) is 0 Å². The second kappa shape index (κ2) is 4.65. The van der Waals surface area contributed by atoms with Crippen LogP contribution in [0.4, 0.5) is 8.78 Å². The largest absolute Gasteiger partial charge is 0.439 e. The third kappa shape index (κ3) is 2.35. The van der Waals surface area contributed by atoms with Gasteiger partial charge in [0.1, 0.15) is 17.2 Å². The summed E-state index contributed by atoms with van der Waals surface area (Å²) in [4.78, 5) is 7.86. The van der Waals surface area contributed by atoms with E-state index in [-0.39, 0.29) is 23.3 Å². The number of nitrogens with one attached hydrogen (secondary N) is 1. The molecule has 6 heteroatoms. The Balaban J connectivity index is 2.40. The fraction of sp³-hybridized carbons (Fsp3) is 0.455. The SMILES string of the molecule is CC(C)c1oc(C2=CNCC=N2)nc1C(F)F. The normalized spacial score (nSPS) is 15.3. The van der Waals surface area contributed by atoms with Crippen LogP contribution >= 0.6 is 0 Å². The van der Waals surface area contributed by atoms with Crippen molar-refractivity contribution >= 4 is 11.9 Å². The molecule has 1 aromatic rings. The van der Waals surface area contributed by atoms with Crippen molar-refractivity contribution in [3.63, 3.8) is 0 Å². The van der Waals surface area contributed by atoms with Crippen molar-refractivity contribution in [2.45, 2.75) is 26.2 Å². The highest BCUT2D eigenvalue weighted by atomic mass is 19.3. The van der Waals surface area contributed by atoms with Gasteiger partial charge in [-0.15, -0.1) is 0 Å². The lowest BCUT2D eigenvalue weighted by Crippen LogP contribution is -2.12. The van der Waals surface area contributed by atoms with Gasteiger partial charge in [-0.1, -0.05) is 13.8 Å². The molecule has 1 aliphatic heterocycles. The van der Waals surface area contributed by atoms with Gasteiger partial charge >= 0.3 is 0 Å². The summed E-state index contributed by atoms with van der Waals surface area (Å²) in [6.45, 7) is 4.18. The number of nitrogens with zero attached hydrogens (tertiary/aromatic N) is 2. The van der Waals surface area contributed by atoms with E-state index in [1.165, 1.54) is 0 Å². The van der Waals surface area contributed by atoms with Gasteiger partial charge in [0.15, 0.2) is 0 Å². The number of aliphatic imine (C=N–C) groups is 1. The van der Waals surface area contributed by atoms with E-state index in [0.717, 1.165) is 0 Å². The van der Waals surface area contributed by atoms with Crippen molar-refractivity contribution in [1.82, 2.24) is 10.3 Å². The highest BCUT2D eigenvalue weighted by molar-refractivity contribution is 5.74. The minimum absolute atomic E-state index is 0.132. The van der Waals surface area contributed by atoms with Crippen molar-refractivity contribution in [2.24, 2.45) is 4.99 Å². The third-order valence-corrected chi connectivity index (χ3v) is 2.31. The molecule has 4 nitrogen and oxygen atoms in total. The fourth-order valence-corrected chi connectivity index (χ4v) is 1.53. The Bertz CT molecular complexity index is 438. The summed E-state index contributed by atoms with van der Waals surface area (Å²) in [7, 11) is 0. The van der Waals surface area contributed by atoms with Gasteiger partial charge in [-0.2, -0.15) is 0 Å². The quantitative estimate of drug-likeness (QED) is 0.885. The zero-order valence-corrected chi connectivity index (χ0v) is 9.58. The fourth-order valence-electron chi connectivity index (χ4n) is 1.53. The molecule has 0 saturated heterocycles. The number of oxazole rings is 1. The molecule has 92 valence electrons. The van der Waals surface area contributed by atoms with Crippen LogP contribution in [0.5, 0.6) is 0 Å². The van der Waals surface area contributed by atoms with E-state index in [0.29, 0.717) is 12.2 Å².